The molecule has 162 valence electrons. The van der Waals surface area contributed by atoms with Gasteiger partial charge in [-0.1, -0.05) is 29.8 Å². The summed E-state index contributed by atoms with van der Waals surface area (Å²) < 4.78 is 50.1. The first kappa shape index (κ1) is 22.4. The van der Waals surface area contributed by atoms with E-state index in [1.165, 1.54) is 19.1 Å². The van der Waals surface area contributed by atoms with Gasteiger partial charge < -0.3 is 14.6 Å². The predicted molar refractivity (Wildman–Crippen MR) is 106 cm³/mol. The van der Waals surface area contributed by atoms with Crippen molar-refractivity contribution in [2.45, 2.75) is 25.8 Å². The summed E-state index contributed by atoms with van der Waals surface area (Å²) in [6.45, 7) is 1.51. The summed E-state index contributed by atoms with van der Waals surface area (Å²) in [5.74, 6) is -0.282. The van der Waals surface area contributed by atoms with Crippen LogP contribution in [0.4, 0.5) is 13.2 Å². The molecule has 2 aromatic carbocycles. The van der Waals surface area contributed by atoms with E-state index in [9.17, 15) is 18.0 Å². The van der Waals surface area contributed by atoms with E-state index in [0.29, 0.717) is 22.6 Å². The van der Waals surface area contributed by atoms with E-state index in [2.05, 4.69) is 9.97 Å². The summed E-state index contributed by atoms with van der Waals surface area (Å²) in [7, 11) is 0. The lowest BCUT2D eigenvalue weighted by Gasteiger charge is -2.15. The molecule has 0 bridgehead atoms. The molecule has 0 saturated carbocycles. The number of aromatic nitrogens is 2. The highest BCUT2D eigenvalue weighted by Crippen LogP contribution is 2.37. The topological polar surface area (TPSA) is 81.5 Å². The number of ether oxygens (including phenoxy) is 2. The molecule has 0 spiro atoms. The number of halogens is 4. The Morgan fingerprint density at radius 1 is 1.13 bits per heavy atom. The molecule has 3 rings (SSSR count). The Balaban J connectivity index is 1.74. The number of para-hydroxylation sites is 1. The fourth-order valence-electron chi connectivity index (χ4n) is 2.62. The zero-order chi connectivity index (χ0) is 22.6. The lowest BCUT2D eigenvalue weighted by Crippen LogP contribution is -2.23. The zero-order valence-electron chi connectivity index (χ0n) is 16.1. The Kier molecular flexibility index (Phi) is 6.65. The number of rotatable bonds is 7. The lowest BCUT2D eigenvalue weighted by molar-refractivity contribution is -0.144. The van der Waals surface area contributed by atoms with Crippen LogP contribution in [-0.2, 0) is 17.6 Å². The van der Waals surface area contributed by atoms with Crippen molar-refractivity contribution in [3.05, 3.63) is 71.1 Å². The molecule has 10 heteroatoms. The van der Waals surface area contributed by atoms with Crippen molar-refractivity contribution in [1.29, 1.82) is 0 Å². The number of nitrogens with zero attached hydrogens (tertiary/aromatic N) is 2. The molecule has 0 fully saturated rings. The summed E-state index contributed by atoms with van der Waals surface area (Å²) in [6, 6.07) is 13.0. The molecule has 1 aromatic heterocycles. The highest BCUT2D eigenvalue weighted by Gasteiger charge is 2.36. The molecule has 1 heterocycles. The Hall–Kier alpha value is -3.33. The second-order valence-electron chi connectivity index (χ2n) is 6.40. The molecule has 1 unspecified atom stereocenters. The summed E-state index contributed by atoms with van der Waals surface area (Å²) in [4.78, 5) is 18.1. The first-order chi connectivity index (χ1) is 14.7. The molecular formula is C21H16ClF3N2O4. The Labute approximate surface area is 180 Å². The van der Waals surface area contributed by atoms with Crippen molar-refractivity contribution in [1.82, 2.24) is 9.97 Å². The number of carboxylic acid groups (broad SMARTS) is 1. The SMILES string of the molecule is CC(Oc1ccccc1COc1ccc(-c2ncnc(C(F)(F)F)c2Cl)cc1)C(=O)O. The van der Waals surface area contributed by atoms with Crippen LogP contribution in [0.1, 0.15) is 18.2 Å². The molecule has 31 heavy (non-hydrogen) atoms. The molecule has 0 saturated heterocycles. The van der Waals surface area contributed by atoms with Crippen LogP contribution in [-0.4, -0.2) is 27.1 Å². The van der Waals surface area contributed by atoms with Crippen LogP contribution in [0.15, 0.2) is 54.9 Å². The number of carbonyl (C=O) groups is 1. The van der Waals surface area contributed by atoms with Gasteiger partial charge in [-0.3, -0.25) is 0 Å². The van der Waals surface area contributed by atoms with Crippen LogP contribution in [0, 0.1) is 0 Å². The molecule has 0 radical (unpaired) electrons. The molecule has 1 atom stereocenters. The van der Waals surface area contributed by atoms with Crippen LogP contribution < -0.4 is 9.47 Å². The molecule has 3 aromatic rings. The van der Waals surface area contributed by atoms with Gasteiger partial charge in [0.15, 0.2) is 11.8 Å². The quantitative estimate of drug-likeness (QED) is 0.527. The van der Waals surface area contributed by atoms with Gasteiger partial charge in [-0.2, -0.15) is 13.2 Å². The second-order valence-corrected chi connectivity index (χ2v) is 6.78. The van der Waals surface area contributed by atoms with Gasteiger partial charge in [0, 0.05) is 11.1 Å². The van der Waals surface area contributed by atoms with Crippen molar-refractivity contribution in [3.63, 3.8) is 0 Å². The van der Waals surface area contributed by atoms with Crippen LogP contribution in [0.25, 0.3) is 11.3 Å². The third-order valence-corrected chi connectivity index (χ3v) is 4.56. The minimum absolute atomic E-state index is 0.0445. The first-order valence-corrected chi connectivity index (χ1v) is 9.33. The highest BCUT2D eigenvalue weighted by atomic mass is 35.5. The zero-order valence-corrected chi connectivity index (χ0v) is 16.8. The van der Waals surface area contributed by atoms with Gasteiger partial charge >= 0.3 is 12.1 Å². The minimum atomic E-state index is -4.69. The first-order valence-electron chi connectivity index (χ1n) is 8.95. The Morgan fingerprint density at radius 2 is 1.81 bits per heavy atom. The molecular weight excluding hydrogens is 437 g/mol. The maximum atomic E-state index is 13.0. The Morgan fingerprint density at radius 3 is 2.45 bits per heavy atom. The van der Waals surface area contributed by atoms with Crippen LogP contribution in [0.5, 0.6) is 11.5 Å². The number of benzene rings is 2. The van der Waals surface area contributed by atoms with E-state index in [1.54, 1.807) is 36.4 Å². The number of hydrogen-bond acceptors (Lipinski definition) is 5. The maximum Gasteiger partial charge on any atom is 0.434 e. The van der Waals surface area contributed by atoms with E-state index in [1.807, 2.05) is 0 Å². The number of aliphatic carboxylic acids is 1. The molecule has 1 N–H and O–H groups in total. The fraction of sp³-hybridized carbons (Fsp3) is 0.190. The fourth-order valence-corrected chi connectivity index (χ4v) is 2.93. The van der Waals surface area contributed by atoms with Crippen LogP contribution in [0.3, 0.4) is 0 Å². The largest absolute Gasteiger partial charge is 0.489 e. The van der Waals surface area contributed by atoms with E-state index < -0.39 is 29.0 Å². The van der Waals surface area contributed by atoms with Crippen molar-refractivity contribution in [2.24, 2.45) is 0 Å². The smallest absolute Gasteiger partial charge is 0.434 e. The molecule has 0 amide bonds. The number of carboxylic acids is 1. The molecule has 0 aliphatic heterocycles. The monoisotopic (exact) mass is 452 g/mol. The summed E-state index contributed by atoms with van der Waals surface area (Å²) in [5.41, 5.74) is -0.249. The van der Waals surface area contributed by atoms with Gasteiger partial charge in [-0.25, -0.2) is 14.8 Å². The summed E-state index contributed by atoms with van der Waals surface area (Å²) in [6.07, 6.45) is -4.91. The van der Waals surface area contributed by atoms with E-state index in [4.69, 9.17) is 26.2 Å². The van der Waals surface area contributed by atoms with Crippen molar-refractivity contribution >= 4 is 17.6 Å². The van der Waals surface area contributed by atoms with Gasteiger partial charge in [0.25, 0.3) is 0 Å². The Bertz CT molecular complexity index is 1070. The standard InChI is InChI=1S/C21H16ClF3N2O4/c1-12(20(28)29)31-16-5-3-2-4-14(16)10-30-15-8-6-13(7-9-15)18-17(22)19(21(23,24)25)27-11-26-18/h2-9,11-12H,10H2,1H3,(H,28,29). The average Bonchev–Trinajstić information content (AvgIpc) is 2.73. The van der Waals surface area contributed by atoms with Gasteiger partial charge in [-0.05, 0) is 37.3 Å². The lowest BCUT2D eigenvalue weighted by atomic mass is 10.1. The average molecular weight is 453 g/mol. The molecule has 0 aliphatic rings. The maximum absolute atomic E-state index is 13.0. The normalized spacial score (nSPS) is 12.3. The predicted octanol–water partition coefficient (Wildman–Crippen LogP) is 5.25. The highest BCUT2D eigenvalue weighted by molar-refractivity contribution is 6.33. The summed E-state index contributed by atoms with van der Waals surface area (Å²) in [5, 5.41) is 8.42. The van der Waals surface area contributed by atoms with Crippen LogP contribution in [0.2, 0.25) is 5.02 Å². The van der Waals surface area contributed by atoms with Crippen molar-refractivity contribution < 1.29 is 32.5 Å². The van der Waals surface area contributed by atoms with Crippen LogP contribution >= 0.6 is 11.6 Å². The van der Waals surface area contributed by atoms with E-state index in [-0.39, 0.29) is 12.3 Å². The van der Waals surface area contributed by atoms with Gasteiger partial charge in [0.2, 0.25) is 0 Å². The summed E-state index contributed by atoms with van der Waals surface area (Å²) >= 11 is 5.86. The third kappa shape index (κ3) is 5.43. The van der Waals surface area contributed by atoms with Gasteiger partial charge in [0.1, 0.15) is 24.4 Å². The minimum Gasteiger partial charge on any atom is -0.489 e. The number of alkyl halides is 3. The second kappa shape index (κ2) is 9.22. The third-order valence-electron chi connectivity index (χ3n) is 4.20. The van der Waals surface area contributed by atoms with Gasteiger partial charge in [-0.15, -0.1) is 0 Å². The molecule has 6 nitrogen and oxygen atoms in total. The van der Waals surface area contributed by atoms with Crippen molar-refractivity contribution in [2.75, 3.05) is 0 Å². The molecule has 0 aliphatic carbocycles. The van der Waals surface area contributed by atoms with Gasteiger partial charge in [0.05, 0.1) is 10.7 Å². The number of hydrogen-bond donors (Lipinski definition) is 1. The van der Waals surface area contributed by atoms with Crippen molar-refractivity contribution in [3.8, 4) is 22.8 Å². The van der Waals surface area contributed by atoms with E-state index in [0.717, 1.165) is 6.33 Å². The van der Waals surface area contributed by atoms with E-state index >= 15 is 0 Å².